The number of hydrogen-bond donors (Lipinski definition) is 2. The molecule has 3 heterocycles. The van der Waals surface area contributed by atoms with Crippen LogP contribution >= 0.6 is 11.9 Å². The first-order valence-electron chi connectivity index (χ1n) is 10.4. The molecule has 3 aromatic heterocycles. The van der Waals surface area contributed by atoms with Gasteiger partial charge in [-0.1, -0.05) is 6.07 Å². The fourth-order valence-corrected chi connectivity index (χ4v) is 3.75. The van der Waals surface area contributed by atoms with Crippen molar-refractivity contribution in [3.8, 4) is 22.9 Å². The molecule has 0 spiro atoms. The number of pyridine rings is 2. The van der Waals surface area contributed by atoms with Crippen molar-refractivity contribution < 1.29 is 31.1 Å². The minimum atomic E-state index is -4.59. The van der Waals surface area contributed by atoms with Crippen LogP contribution in [0.25, 0.3) is 11.3 Å². The van der Waals surface area contributed by atoms with Gasteiger partial charge in [-0.25, -0.2) is 23.7 Å². The third-order valence-electron chi connectivity index (χ3n) is 4.79. The SMILES string of the molecule is CNc1nccc(-c2cccnc2Oc2cc(F)c(NSCc3ccc(C(F)(F)F)nc3)c(F)c2F)n1. The number of alkyl halides is 3. The average molecular weight is 538 g/mol. The zero-order chi connectivity index (χ0) is 26.6. The van der Waals surface area contributed by atoms with Gasteiger partial charge in [0, 0.05) is 37.5 Å². The van der Waals surface area contributed by atoms with Crippen LogP contribution in [0.15, 0.2) is 55.0 Å². The highest BCUT2D eigenvalue weighted by Gasteiger charge is 2.32. The molecule has 37 heavy (non-hydrogen) atoms. The second-order valence-corrected chi connectivity index (χ2v) is 8.05. The Balaban J connectivity index is 1.51. The van der Waals surface area contributed by atoms with E-state index < -0.39 is 40.8 Å². The summed E-state index contributed by atoms with van der Waals surface area (Å²) in [5.41, 5.74) is -0.811. The van der Waals surface area contributed by atoms with E-state index in [0.717, 1.165) is 24.2 Å². The maximum Gasteiger partial charge on any atom is 0.433 e. The van der Waals surface area contributed by atoms with Crippen LogP contribution in [0.1, 0.15) is 11.3 Å². The summed E-state index contributed by atoms with van der Waals surface area (Å²) in [5, 5.41) is 2.77. The first-order valence-corrected chi connectivity index (χ1v) is 11.4. The molecule has 0 unspecified atom stereocenters. The number of halogens is 6. The zero-order valence-electron chi connectivity index (χ0n) is 18.8. The Bertz CT molecular complexity index is 1400. The third kappa shape index (κ3) is 6.02. The summed E-state index contributed by atoms with van der Waals surface area (Å²) >= 11 is 0.732. The molecule has 0 saturated heterocycles. The molecular weight excluding hydrogens is 522 g/mol. The van der Waals surface area contributed by atoms with Crippen molar-refractivity contribution in [3.63, 3.8) is 0 Å². The van der Waals surface area contributed by atoms with E-state index in [1.807, 2.05) is 0 Å². The smallest absolute Gasteiger partial charge is 0.433 e. The summed E-state index contributed by atoms with van der Waals surface area (Å²) in [6.45, 7) is 0. The molecular formula is C23H16F6N6OS. The van der Waals surface area contributed by atoms with Crippen molar-refractivity contribution in [2.75, 3.05) is 17.1 Å². The van der Waals surface area contributed by atoms with E-state index in [0.29, 0.717) is 28.8 Å². The number of rotatable bonds is 8. The van der Waals surface area contributed by atoms with Crippen LogP contribution < -0.4 is 14.8 Å². The number of benzene rings is 1. The average Bonchev–Trinajstić information content (AvgIpc) is 2.89. The van der Waals surface area contributed by atoms with Gasteiger partial charge in [0.05, 0.1) is 11.3 Å². The number of aromatic nitrogens is 4. The molecule has 192 valence electrons. The van der Waals surface area contributed by atoms with Crippen molar-refractivity contribution >= 4 is 23.6 Å². The quantitative estimate of drug-likeness (QED) is 0.150. The van der Waals surface area contributed by atoms with Gasteiger partial charge in [0.15, 0.2) is 17.4 Å². The number of hydrogen-bond acceptors (Lipinski definition) is 8. The number of ether oxygens (including phenoxy) is 1. The summed E-state index contributed by atoms with van der Waals surface area (Å²) < 4.78 is 89.7. The van der Waals surface area contributed by atoms with Crippen LogP contribution in [0.5, 0.6) is 11.6 Å². The summed E-state index contributed by atoms with van der Waals surface area (Å²) in [5.74, 6) is -4.79. The summed E-state index contributed by atoms with van der Waals surface area (Å²) in [4.78, 5) is 15.6. The Morgan fingerprint density at radius 1 is 0.973 bits per heavy atom. The second-order valence-electron chi connectivity index (χ2n) is 7.27. The Kier molecular flexibility index (Phi) is 7.66. The van der Waals surface area contributed by atoms with E-state index in [-0.39, 0.29) is 11.6 Å². The molecule has 0 aliphatic rings. The van der Waals surface area contributed by atoms with Gasteiger partial charge in [0.2, 0.25) is 17.6 Å². The molecule has 4 aromatic rings. The number of nitrogens with zero attached hydrogens (tertiary/aromatic N) is 4. The van der Waals surface area contributed by atoms with E-state index in [9.17, 15) is 26.3 Å². The Hall–Kier alpha value is -4.07. The van der Waals surface area contributed by atoms with Gasteiger partial charge in [0.25, 0.3) is 0 Å². The van der Waals surface area contributed by atoms with Gasteiger partial charge in [0.1, 0.15) is 11.4 Å². The second kappa shape index (κ2) is 10.9. The molecule has 0 fully saturated rings. The highest BCUT2D eigenvalue weighted by Crippen LogP contribution is 2.36. The maximum atomic E-state index is 14.8. The minimum Gasteiger partial charge on any atom is -0.435 e. The molecule has 0 atom stereocenters. The lowest BCUT2D eigenvalue weighted by atomic mass is 10.2. The van der Waals surface area contributed by atoms with Gasteiger partial charge >= 0.3 is 6.18 Å². The predicted octanol–water partition coefficient (Wildman–Crippen LogP) is 6.46. The topological polar surface area (TPSA) is 84.9 Å². The van der Waals surface area contributed by atoms with Gasteiger partial charge in [-0.3, -0.25) is 4.98 Å². The number of anilines is 2. The third-order valence-corrected chi connectivity index (χ3v) is 5.61. The summed E-state index contributed by atoms with van der Waals surface area (Å²) in [6.07, 6.45) is -0.766. The molecule has 0 radical (unpaired) electrons. The molecule has 14 heteroatoms. The predicted molar refractivity (Wildman–Crippen MR) is 125 cm³/mol. The summed E-state index contributed by atoms with van der Waals surface area (Å²) in [6, 6.07) is 7.33. The van der Waals surface area contributed by atoms with Crippen molar-refractivity contribution in [1.29, 1.82) is 0 Å². The van der Waals surface area contributed by atoms with Gasteiger partial charge in [-0.05, 0) is 41.8 Å². The van der Waals surface area contributed by atoms with Crippen molar-refractivity contribution in [2.45, 2.75) is 11.9 Å². The highest BCUT2D eigenvalue weighted by atomic mass is 32.2. The number of nitrogens with one attached hydrogen (secondary N) is 2. The monoisotopic (exact) mass is 538 g/mol. The van der Waals surface area contributed by atoms with E-state index in [4.69, 9.17) is 4.74 Å². The molecule has 0 bridgehead atoms. The van der Waals surface area contributed by atoms with Gasteiger partial charge in [-0.2, -0.15) is 17.6 Å². The van der Waals surface area contributed by atoms with Crippen molar-refractivity contribution in [3.05, 3.63) is 83.7 Å². The van der Waals surface area contributed by atoms with Gasteiger partial charge < -0.3 is 14.8 Å². The lowest BCUT2D eigenvalue weighted by Crippen LogP contribution is -2.07. The Morgan fingerprint density at radius 2 is 1.78 bits per heavy atom. The molecule has 4 rings (SSSR count). The van der Waals surface area contributed by atoms with Crippen LogP contribution in [0, 0.1) is 17.5 Å². The van der Waals surface area contributed by atoms with Crippen LogP contribution in [0.3, 0.4) is 0 Å². The Labute approximate surface area is 210 Å². The molecule has 7 nitrogen and oxygen atoms in total. The van der Waals surface area contributed by atoms with Crippen LogP contribution in [0.4, 0.5) is 38.0 Å². The first-order chi connectivity index (χ1) is 17.7. The lowest BCUT2D eigenvalue weighted by molar-refractivity contribution is -0.141. The summed E-state index contributed by atoms with van der Waals surface area (Å²) in [7, 11) is 1.62. The largest absolute Gasteiger partial charge is 0.435 e. The molecule has 0 aliphatic carbocycles. The normalized spacial score (nSPS) is 11.3. The van der Waals surface area contributed by atoms with E-state index in [1.54, 1.807) is 25.2 Å². The van der Waals surface area contributed by atoms with E-state index >= 15 is 0 Å². The first kappa shape index (κ1) is 26.0. The molecule has 0 aliphatic heterocycles. The maximum absolute atomic E-state index is 14.8. The zero-order valence-corrected chi connectivity index (χ0v) is 19.6. The van der Waals surface area contributed by atoms with Crippen molar-refractivity contribution in [1.82, 2.24) is 19.9 Å². The fraction of sp³-hybridized carbons (Fsp3) is 0.130. The highest BCUT2D eigenvalue weighted by molar-refractivity contribution is 7.99. The van der Waals surface area contributed by atoms with E-state index in [1.165, 1.54) is 18.5 Å². The van der Waals surface area contributed by atoms with Crippen LogP contribution in [0.2, 0.25) is 0 Å². The van der Waals surface area contributed by atoms with Crippen LogP contribution in [-0.2, 0) is 11.9 Å². The fourth-order valence-electron chi connectivity index (χ4n) is 3.01. The van der Waals surface area contributed by atoms with E-state index in [2.05, 4.69) is 30.0 Å². The standard InChI is InChI=1S/C23H16F6N6OS/c1-30-22-32-8-6-15(34-22)13-3-2-7-31-21(13)36-16-9-14(24)20(19(26)18(16)25)35-37-11-12-4-5-17(33-10-12)23(27,28)29/h2-10,35H,11H2,1H3,(H,30,32,34). The minimum absolute atomic E-state index is 0.00524. The van der Waals surface area contributed by atoms with Gasteiger partial charge in [-0.15, -0.1) is 0 Å². The lowest BCUT2D eigenvalue weighted by Gasteiger charge is -2.14. The van der Waals surface area contributed by atoms with Crippen LogP contribution in [-0.4, -0.2) is 27.0 Å². The molecule has 0 amide bonds. The molecule has 1 aromatic carbocycles. The van der Waals surface area contributed by atoms with Crippen molar-refractivity contribution in [2.24, 2.45) is 0 Å². The molecule has 0 saturated carbocycles. The molecule has 2 N–H and O–H groups in total. The Morgan fingerprint density at radius 3 is 2.49 bits per heavy atom.